The molecule has 1 rings (SSSR count). The van der Waals surface area contributed by atoms with Gasteiger partial charge in [-0.2, -0.15) is 0 Å². The number of nitrogens with two attached hydrogens (primary N) is 1. The standard InChI is InChI=1S/C12H25N3O/c1-2-11(8-12(13)14)15-6-3-4-10(9-15)5-7-16/h10-11,16H,2-9H2,1H3,(H3,13,14). The van der Waals surface area contributed by atoms with Gasteiger partial charge < -0.3 is 10.8 Å². The van der Waals surface area contributed by atoms with E-state index in [1.165, 1.54) is 12.8 Å². The zero-order chi connectivity index (χ0) is 12.0. The van der Waals surface area contributed by atoms with Crippen LogP contribution >= 0.6 is 0 Å². The third kappa shape index (κ3) is 4.10. The van der Waals surface area contributed by atoms with Crippen LogP contribution in [0.1, 0.15) is 39.0 Å². The summed E-state index contributed by atoms with van der Waals surface area (Å²) >= 11 is 0. The molecule has 0 aromatic heterocycles. The molecule has 0 saturated carbocycles. The van der Waals surface area contributed by atoms with Crippen LogP contribution in [-0.4, -0.2) is 41.6 Å². The third-order valence-electron chi connectivity index (χ3n) is 3.53. The van der Waals surface area contributed by atoms with Gasteiger partial charge in [-0.3, -0.25) is 10.3 Å². The van der Waals surface area contributed by atoms with Crippen LogP contribution in [0, 0.1) is 11.3 Å². The van der Waals surface area contributed by atoms with Crippen molar-refractivity contribution in [3.8, 4) is 0 Å². The second-order valence-corrected chi connectivity index (χ2v) is 4.81. The van der Waals surface area contributed by atoms with Crippen LogP contribution in [0.25, 0.3) is 0 Å². The van der Waals surface area contributed by atoms with Crippen LogP contribution in [0.5, 0.6) is 0 Å². The Kier molecular flexibility index (Phi) is 5.77. The van der Waals surface area contributed by atoms with Crippen molar-refractivity contribution in [3.63, 3.8) is 0 Å². The number of hydrogen-bond acceptors (Lipinski definition) is 3. The second kappa shape index (κ2) is 6.86. The number of piperidine rings is 1. The summed E-state index contributed by atoms with van der Waals surface area (Å²) in [5.41, 5.74) is 5.49. The highest BCUT2D eigenvalue weighted by molar-refractivity contribution is 5.77. The first kappa shape index (κ1) is 13.5. The summed E-state index contributed by atoms with van der Waals surface area (Å²) in [5.74, 6) is 0.913. The van der Waals surface area contributed by atoms with Gasteiger partial charge in [-0.15, -0.1) is 0 Å². The average molecular weight is 227 g/mol. The van der Waals surface area contributed by atoms with Crippen molar-refractivity contribution in [2.24, 2.45) is 11.7 Å². The monoisotopic (exact) mass is 227 g/mol. The number of aliphatic hydroxyl groups excluding tert-OH is 1. The number of rotatable bonds is 6. The summed E-state index contributed by atoms with van der Waals surface area (Å²) < 4.78 is 0. The van der Waals surface area contributed by atoms with Crippen molar-refractivity contribution >= 4 is 5.84 Å². The van der Waals surface area contributed by atoms with Gasteiger partial charge in [0.25, 0.3) is 0 Å². The Hall–Kier alpha value is -0.610. The van der Waals surface area contributed by atoms with Crippen molar-refractivity contribution in [1.82, 2.24) is 4.90 Å². The van der Waals surface area contributed by atoms with E-state index < -0.39 is 0 Å². The van der Waals surface area contributed by atoms with Gasteiger partial charge in [0.05, 0.1) is 5.84 Å². The van der Waals surface area contributed by atoms with Crippen LogP contribution in [0.4, 0.5) is 0 Å². The first-order valence-electron chi connectivity index (χ1n) is 6.35. The Bertz CT molecular complexity index is 218. The van der Waals surface area contributed by atoms with E-state index in [-0.39, 0.29) is 5.84 Å². The summed E-state index contributed by atoms with van der Waals surface area (Å²) in [6, 6.07) is 0.416. The van der Waals surface area contributed by atoms with E-state index in [1.807, 2.05) is 0 Å². The highest BCUT2D eigenvalue weighted by atomic mass is 16.3. The van der Waals surface area contributed by atoms with Crippen molar-refractivity contribution in [1.29, 1.82) is 5.41 Å². The highest BCUT2D eigenvalue weighted by Crippen LogP contribution is 2.23. The van der Waals surface area contributed by atoms with Crippen LogP contribution < -0.4 is 5.73 Å². The topological polar surface area (TPSA) is 73.3 Å². The van der Waals surface area contributed by atoms with Crippen LogP contribution in [0.15, 0.2) is 0 Å². The summed E-state index contributed by atoms with van der Waals surface area (Å²) in [5, 5.41) is 16.4. The maximum atomic E-state index is 8.97. The minimum Gasteiger partial charge on any atom is -0.396 e. The first-order chi connectivity index (χ1) is 7.67. The lowest BCUT2D eigenvalue weighted by Gasteiger charge is -2.37. The van der Waals surface area contributed by atoms with Crippen molar-refractivity contribution in [3.05, 3.63) is 0 Å². The molecule has 0 bridgehead atoms. The number of aliphatic hydroxyl groups is 1. The van der Waals surface area contributed by atoms with Crippen LogP contribution in [-0.2, 0) is 0 Å². The average Bonchev–Trinajstić information content (AvgIpc) is 2.26. The van der Waals surface area contributed by atoms with E-state index in [4.69, 9.17) is 16.2 Å². The largest absolute Gasteiger partial charge is 0.396 e. The minimum atomic E-state index is 0.288. The smallest absolute Gasteiger partial charge is 0.0921 e. The molecule has 0 spiro atoms. The quantitative estimate of drug-likeness (QED) is 0.471. The molecule has 1 aliphatic rings. The summed E-state index contributed by atoms with van der Waals surface area (Å²) in [7, 11) is 0. The van der Waals surface area contributed by atoms with E-state index in [1.54, 1.807) is 0 Å². The van der Waals surface area contributed by atoms with E-state index in [2.05, 4.69) is 11.8 Å². The summed E-state index contributed by atoms with van der Waals surface area (Å²) in [6.45, 7) is 4.63. The molecule has 2 atom stereocenters. The van der Waals surface area contributed by atoms with Crippen molar-refractivity contribution in [2.45, 2.75) is 45.1 Å². The third-order valence-corrected chi connectivity index (χ3v) is 3.53. The molecular formula is C12H25N3O. The molecule has 1 fully saturated rings. The number of hydrogen-bond donors (Lipinski definition) is 3. The first-order valence-corrected chi connectivity index (χ1v) is 6.35. The van der Waals surface area contributed by atoms with Gasteiger partial charge in [0.2, 0.25) is 0 Å². The summed E-state index contributed by atoms with van der Waals surface area (Å²) in [6.07, 6.45) is 5.08. The Morgan fingerprint density at radius 2 is 2.38 bits per heavy atom. The predicted octanol–water partition coefficient (Wildman–Crippen LogP) is 1.19. The normalized spacial score (nSPS) is 24.2. The zero-order valence-electron chi connectivity index (χ0n) is 10.3. The van der Waals surface area contributed by atoms with Crippen LogP contribution in [0.3, 0.4) is 0 Å². The second-order valence-electron chi connectivity index (χ2n) is 4.81. The lowest BCUT2D eigenvalue weighted by molar-refractivity contribution is 0.107. The van der Waals surface area contributed by atoms with Gasteiger partial charge in [0, 0.05) is 25.6 Å². The highest BCUT2D eigenvalue weighted by Gasteiger charge is 2.24. The fourth-order valence-corrected chi connectivity index (χ4v) is 2.63. The number of nitrogens with zero attached hydrogens (tertiary/aromatic N) is 1. The number of amidine groups is 1. The fourth-order valence-electron chi connectivity index (χ4n) is 2.63. The lowest BCUT2D eigenvalue weighted by Crippen LogP contribution is -2.44. The molecule has 0 aliphatic carbocycles. The summed E-state index contributed by atoms with van der Waals surface area (Å²) in [4.78, 5) is 2.45. The molecule has 1 saturated heterocycles. The number of likely N-dealkylation sites (tertiary alicyclic amines) is 1. The van der Waals surface area contributed by atoms with Gasteiger partial charge in [-0.25, -0.2) is 0 Å². The van der Waals surface area contributed by atoms with Gasteiger partial charge >= 0.3 is 0 Å². The predicted molar refractivity (Wildman–Crippen MR) is 66.6 cm³/mol. The minimum absolute atomic E-state index is 0.288. The molecule has 0 aromatic carbocycles. The van der Waals surface area contributed by atoms with E-state index in [0.717, 1.165) is 25.9 Å². The molecule has 2 unspecified atom stereocenters. The zero-order valence-corrected chi connectivity index (χ0v) is 10.3. The van der Waals surface area contributed by atoms with Gasteiger partial charge in [0.15, 0.2) is 0 Å². The fraction of sp³-hybridized carbons (Fsp3) is 0.917. The maximum absolute atomic E-state index is 8.97. The molecule has 0 amide bonds. The molecule has 1 heterocycles. The molecule has 4 N–H and O–H groups in total. The molecular weight excluding hydrogens is 202 g/mol. The van der Waals surface area contributed by atoms with Gasteiger partial charge in [-0.1, -0.05) is 6.92 Å². The van der Waals surface area contributed by atoms with Crippen molar-refractivity contribution in [2.75, 3.05) is 19.7 Å². The van der Waals surface area contributed by atoms with E-state index >= 15 is 0 Å². The molecule has 94 valence electrons. The Balaban J connectivity index is 2.46. The molecule has 4 heteroatoms. The molecule has 1 aliphatic heterocycles. The van der Waals surface area contributed by atoms with E-state index in [0.29, 0.717) is 25.0 Å². The Morgan fingerprint density at radius 1 is 1.62 bits per heavy atom. The lowest BCUT2D eigenvalue weighted by atomic mass is 9.93. The number of nitrogens with one attached hydrogen (secondary N) is 1. The Labute approximate surface area is 98.3 Å². The molecule has 0 aromatic rings. The molecule has 0 radical (unpaired) electrons. The molecule has 4 nitrogen and oxygen atoms in total. The van der Waals surface area contributed by atoms with Crippen molar-refractivity contribution < 1.29 is 5.11 Å². The van der Waals surface area contributed by atoms with Crippen LogP contribution in [0.2, 0.25) is 0 Å². The van der Waals surface area contributed by atoms with E-state index in [9.17, 15) is 0 Å². The van der Waals surface area contributed by atoms with Gasteiger partial charge in [0.1, 0.15) is 0 Å². The van der Waals surface area contributed by atoms with Gasteiger partial charge in [-0.05, 0) is 38.1 Å². The maximum Gasteiger partial charge on any atom is 0.0921 e. The SMILES string of the molecule is CCC(CC(=N)N)N1CCCC(CCO)C1. The Morgan fingerprint density at radius 3 is 2.94 bits per heavy atom. The molecule has 16 heavy (non-hydrogen) atoms.